The molecule has 1 aliphatic heterocycles. The lowest BCUT2D eigenvalue weighted by Crippen LogP contribution is -2.27. The Morgan fingerprint density at radius 2 is 2.16 bits per heavy atom. The number of nitrogens with zero attached hydrogens (tertiary/aromatic N) is 1. The number of hydrogen-bond acceptors (Lipinski definition) is 3. The molecule has 0 radical (unpaired) electrons. The van der Waals surface area contributed by atoms with Gasteiger partial charge in [-0.25, -0.2) is 0 Å². The molecule has 0 bridgehead atoms. The van der Waals surface area contributed by atoms with E-state index >= 15 is 0 Å². The first kappa shape index (κ1) is 13.9. The Bertz CT molecular complexity index is 430. The van der Waals surface area contributed by atoms with Gasteiger partial charge in [0.1, 0.15) is 5.75 Å². The first-order chi connectivity index (χ1) is 9.15. The number of aliphatic carboxylic acids is 1. The van der Waals surface area contributed by atoms with Crippen LogP contribution < -0.4 is 4.74 Å². The number of carboxylic acid groups (broad SMARTS) is 1. The summed E-state index contributed by atoms with van der Waals surface area (Å²) in [4.78, 5) is 13.3. The molecule has 1 saturated heterocycles. The van der Waals surface area contributed by atoms with E-state index in [1.165, 1.54) is 5.56 Å². The molecule has 0 amide bonds. The summed E-state index contributed by atoms with van der Waals surface area (Å²) in [6.45, 7) is 3.66. The fourth-order valence-electron chi connectivity index (χ4n) is 2.80. The molecule has 1 aromatic rings. The monoisotopic (exact) mass is 263 g/mol. The number of carboxylic acids is 1. The predicted molar refractivity (Wildman–Crippen MR) is 73.3 cm³/mol. The largest absolute Gasteiger partial charge is 0.497 e. The average Bonchev–Trinajstić information content (AvgIpc) is 2.90. The van der Waals surface area contributed by atoms with Crippen molar-refractivity contribution in [3.05, 3.63) is 29.8 Å². The third kappa shape index (κ3) is 3.07. The van der Waals surface area contributed by atoms with E-state index in [-0.39, 0.29) is 5.92 Å². The molecule has 0 aliphatic carbocycles. The van der Waals surface area contributed by atoms with Crippen molar-refractivity contribution in [1.29, 1.82) is 0 Å². The fraction of sp³-hybridized carbons (Fsp3) is 0.533. The Morgan fingerprint density at radius 1 is 1.47 bits per heavy atom. The minimum Gasteiger partial charge on any atom is -0.497 e. The first-order valence-corrected chi connectivity index (χ1v) is 6.76. The molecule has 2 unspecified atom stereocenters. The lowest BCUT2D eigenvalue weighted by molar-refractivity contribution is -0.141. The van der Waals surface area contributed by atoms with Crippen LogP contribution in [0.3, 0.4) is 0 Å². The molecule has 4 nitrogen and oxygen atoms in total. The zero-order valence-electron chi connectivity index (χ0n) is 11.5. The second-order valence-electron chi connectivity index (χ2n) is 5.02. The highest BCUT2D eigenvalue weighted by molar-refractivity contribution is 5.70. The second-order valence-corrected chi connectivity index (χ2v) is 5.02. The number of hydrogen-bond donors (Lipinski definition) is 1. The highest BCUT2D eigenvalue weighted by atomic mass is 16.5. The van der Waals surface area contributed by atoms with Gasteiger partial charge in [0.15, 0.2) is 0 Å². The van der Waals surface area contributed by atoms with Gasteiger partial charge in [0.2, 0.25) is 0 Å². The summed E-state index contributed by atoms with van der Waals surface area (Å²) in [5.41, 5.74) is 1.23. The molecule has 2 rings (SSSR count). The summed E-state index contributed by atoms with van der Waals surface area (Å²) in [6, 6.07) is 8.36. The van der Waals surface area contributed by atoms with Gasteiger partial charge >= 0.3 is 5.97 Å². The van der Waals surface area contributed by atoms with Crippen molar-refractivity contribution >= 4 is 5.97 Å². The maximum absolute atomic E-state index is 11.0. The normalized spacial score (nSPS) is 21.3. The number of ether oxygens (including phenoxy) is 1. The summed E-state index contributed by atoms with van der Waals surface area (Å²) in [5.74, 6) is -0.0391. The van der Waals surface area contributed by atoms with E-state index in [2.05, 4.69) is 24.0 Å². The molecule has 1 fully saturated rings. The summed E-state index contributed by atoms with van der Waals surface area (Å²) >= 11 is 0. The third-order valence-corrected chi connectivity index (χ3v) is 3.90. The zero-order valence-corrected chi connectivity index (χ0v) is 11.5. The van der Waals surface area contributed by atoms with Gasteiger partial charge in [-0.15, -0.1) is 0 Å². The van der Waals surface area contributed by atoms with Crippen molar-refractivity contribution in [2.75, 3.05) is 20.2 Å². The van der Waals surface area contributed by atoms with Crippen LogP contribution in [0.25, 0.3) is 0 Å². The van der Waals surface area contributed by atoms with Crippen molar-refractivity contribution < 1.29 is 14.6 Å². The molecule has 4 heteroatoms. The van der Waals surface area contributed by atoms with Gasteiger partial charge in [-0.2, -0.15) is 0 Å². The minimum atomic E-state index is -0.674. The van der Waals surface area contributed by atoms with E-state index in [0.717, 1.165) is 25.1 Å². The van der Waals surface area contributed by atoms with Crippen LogP contribution in [0.5, 0.6) is 5.75 Å². The van der Waals surface area contributed by atoms with E-state index in [4.69, 9.17) is 9.84 Å². The Kier molecular flexibility index (Phi) is 4.43. The molecule has 1 aliphatic rings. The Balaban J connectivity index is 2.09. The van der Waals surface area contributed by atoms with Crippen molar-refractivity contribution in [3.8, 4) is 5.75 Å². The molecule has 1 heterocycles. The number of likely N-dealkylation sites (tertiary alicyclic amines) is 1. The summed E-state index contributed by atoms with van der Waals surface area (Å²) < 4.78 is 5.17. The van der Waals surface area contributed by atoms with E-state index in [1.54, 1.807) is 7.11 Å². The van der Waals surface area contributed by atoms with Crippen molar-refractivity contribution in [3.63, 3.8) is 0 Å². The topological polar surface area (TPSA) is 49.8 Å². The molecule has 0 aromatic heterocycles. The van der Waals surface area contributed by atoms with Gasteiger partial charge in [0, 0.05) is 12.6 Å². The quantitative estimate of drug-likeness (QED) is 0.887. The van der Waals surface area contributed by atoms with E-state index in [0.29, 0.717) is 12.6 Å². The van der Waals surface area contributed by atoms with E-state index in [9.17, 15) is 4.79 Å². The van der Waals surface area contributed by atoms with Crippen LogP contribution in [0, 0.1) is 5.92 Å². The van der Waals surface area contributed by atoms with Crippen LogP contribution in [-0.2, 0) is 4.79 Å². The van der Waals surface area contributed by atoms with Crippen LogP contribution in [0.4, 0.5) is 0 Å². The average molecular weight is 263 g/mol. The molecule has 1 N–H and O–H groups in total. The minimum absolute atomic E-state index is 0.215. The van der Waals surface area contributed by atoms with Crippen LogP contribution in [0.15, 0.2) is 24.3 Å². The molecule has 19 heavy (non-hydrogen) atoms. The van der Waals surface area contributed by atoms with Gasteiger partial charge in [-0.05, 0) is 37.1 Å². The van der Waals surface area contributed by atoms with Crippen molar-refractivity contribution in [2.24, 2.45) is 5.92 Å². The number of methoxy groups -OCH3 is 1. The predicted octanol–water partition coefficient (Wildman–Crippen LogP) is 2.55. The number of rotatable bonds is 5. The zero-order chi connectivity index (χ0) is 13.8. The molecule has 0 saturated carbocycles. The molecular weight excluding hydrogens is 242 g/mol. The first-order valence-electron chi connectivity index (χ1n) is 6.76. The van der Waals surface area contributed by atoms with Crippen molar-refractivity contribution in [1.82, 2.24) is 4.90 Å². The Morgan fingerprint density at radius 3 is 2.63 bits per heavy atom. The van der Waals surface area contributed by atoms with E-state index in [1.807, 2.05) is 12.1 Å². The smallest absolute Gasteiger partial charge is 0.307 e. The van der Waals surface area contributed by atoms with Crippen LogP contribution >= 0.6 is 0 Å². The fourth-order valence-corrected chi connectivity index (χ4v) is 2.80. The molecule has 104 valence electrons. The van der Waals surface area contributed by atoms with Crippen LogP contribution in [0.1, 0.15) is 31.4 Å². The highest BCUT2D eigenvalue weighted by Crippen LogP contribution is 2.31. The molecule has 1 aromatic carbocycles. The standard InChI is InChI=1S/C15H21NO3/c1-3-14(11-4-6-13(19-2)7-5-11)16-9-8-12(10-16)15(17)18/h4-7,12,14H,3,8-10H2,1-2H3,(H,17,18). The number of carbonyl (C=O) groups is 1. The molecular formula is C15H21NO3. The van der Waals surface area contributed by atoms with Gasteiger partial charge in [0.05, 0.1) is 13.0 Å². The van der Waals surface area contributed by atoms with Gasteiger partial charge in [-0.3, -0.25) is 9.69 Å². The SMILES string of the molecule is CCC(c1ccc(OC)cc1)N1CCC(C(=O)O)C1. The highest BCUT2D eigenvalue weighted by Gasteiger charge is 2.31. The summed E-state index contributed by atoms with van der Waals surface area (Å²) in [7, 11) is 1.66. The van der Waals surface area contributed by atoms with Gasteiger partial charge in [0.25, 0.3) is 0 Å². The van der Waals surface area contributed by atoms with Gasteiger partial charge < -0.3 is 9.84 Å². The number of benzene rings is 1. The maximum Gasteiger partial charge on any atom is 0.307 e. The second kappa shape index (κ2) is 6.06. The Labute approximate surface area is 114 Å². The van der Waals surface area contributed by atoms with E-state index < -0.39 is 5.97 Å². The Hall–Kier alpha value is -1.55. The summed E-state index contributed by atoms with van der Waals surface area (Å²) in [5, 5.41) is 9.08. The molecule has 2 atom stereocenters. The maximum atomic E-state index is 11.0. The summed E-state index contributed by atoms with van der Waals surface area (Å²) in [6.07, 6.45) is 1.74. The lowest BCUT2D eigenvalue weighted by atomic mass is 10.0. The van der Waals surface area contributed by atoms with Gasteiger partial charge in [-0.1, -0.05) is 19.1 Å². The van der Waals surface area contributed by atoms with Crippen LogP contribution in [-0.4, -0.2) is 36.2 Å². The van der Waals surface area contributed by atoms with Crippen molar-refractivity contribution in [2.45, 2.75) is 25.8 Å². The third-order valence-electron chi connectivity index (χ3n) is 3.90. The lowest BCUT2D eigenvalue weighted by Gasteiger charge is -2.27. The van der Waals surface area contributed by atoms with Crippen LogP contribution in [0.2, 0.25) is 0 Å². The molecule has 0 spiro atoms.